The molecular formula is C10H14Cl2N2O2S. The lowest BCUT2D eigenvalue weighted by atomic mass is 10.4. The van der Waals surface area contributed by atoms with Gasteiger partial charge in [0.1, 0.15) is 4.90 Å². The van der Waals surface area contributed by atoms with Gasteiger partial charge < -0.3 is 5.73 Å². The molecule has 0 unspecified atom stereocenters. The molecule has 0 aliphatic carbocycles. The van der Waals surface area contributed by atoms with Gasteiger partial charge >= 0.3 is 0 Å². The van der Waals surface area contributed by atoms with E-state index in [1.807, 2.05) is 0 Å². The topological polar surface area (TPSA) is 63.4 Å². The Morgan fingerprint density at radius 1 is 1.29 bits per heavy atom. The summed E-state index contributed by atoms with van der Waals surface area (Å²) in [5.41, 5.74) is 5.34. The van der Waals surface area contributed by atoms with Crippen LogP contribution in [-0.2, 0) is 10.0 Å². The number of hydrogen-bond donors (Lipinski definition) is 1. The lowest BCUT2D eigenvalue weighted by Gasteiger charge is -2.18. The van der Waals surface area contributed by atoms with Crippen LogP contribution in [0.25, 0.3) is 0 Å². The first-order valence-corrected chi connectivity index (χ1v) is 7.21. The third-order valence-corrected chi connectivity index (χ3v) is 5.08. The van der Waals surface area contributed by atoms with Crippen molar-refractivity contribution in [2.24, 2.45) is 5.73 Å². The quantitative estimate of drug-likeness (QED) is 0.903. The van der Waals surface area contributed by atoms with Crippen LogP contribution in [0.5, 0.6) is 0 Å². The number of sulfonamides is 1. The molecule has 0 aliphatic heterocycles. The lowest BCUT2D eigenvalue weighted by molar-refractivity contribution is 0.464. The summed E-state index contributed by atoms with van der Waals surface area (Å²) in [7, 11) is -2.18. The Balaban J connectivity index is 3.13. The Hall–Kier alpha value is -0.330. The van der Waals surface area contributed by atoms with Crippen molar-refractivity contribution in [1.82, 2.24) is 4.31 Å². The molecule has 0 aromatic heterocycles. The third-order valence-electron chi connectivity index (χ3n) is 2.26. The van der Waals surface area contributed by atoms with E-state index in [0.717, 1.165) is 0 Å². The van der Waals surface area contributed by atoms with Crippen LogP contribution in [0.4, 0.5) is 0 Å². The molecule has 17 heavy (non-hydrogen) atoms. The second-order valence-electron chi connectivity index (χ2n) is 3.52. The van der Waals surface area contributed by atoms with Crippen molar-refractivity contribution in [2.75, 3.05) is 20.1 Å². The summed E-state index contributed by atoms with van der Waals surface area (Å²) in [5, 5.41) is 0.245. The van der Waals surface area contributed by atoms with Crippen LogP contribution < -0.4 is 5.73 Å². The van der Waals surface area contributed by atoms with Crippen LogP contribution in [-0.4, -0.2) is 32.9 Å². The second-order valence-corrected chi connectivity index (χ2v) is 6.32. The van der Waals surface area contributed by atoms with Crippen LogP contribution in [0, 0.1) is 0 Å². The third kappa shape index (κ3) is 3.33. The zero-order valence-corrected chi connectivity index (χ0v) is 11.7. The van der Waals surface area contributed by atoms with Gasteiger partial charge in [-0.15, -0.1) is 0 Å². The van der Waals surface area contributed by atoms with Gasteiger partial charge in [-0.05, 0) is 25.1 Å². The minimum atomic E-state index is -3.66. The van der Waals surface area contributed by atoms with Gasteiger partial charge in [-0.1, -0.05) is 29.3 Å². The molecular weight excluding hydrogens is 283 g/mol. The van der Waals surface area contributed by atoms with Crippen LogP contribution in [0.3, 0.4) is 0 Å². The Bertz CT molecular complexity index is 471. The zero-order valence-electron chi connectivity index (χ0n) is 9.36. The van der Waals surface area contributed by atoms with Gasteiger partial charge in [0.2, 0.25) is 10.0 Å². The maximum atomic E-state index is 12.2. The molecule has 1 aromatic rings. The molecule has 0 heterocycles. The maximum absolute atomic E-state index is 12.2. The maximum Gasteiger partial charge on any atom is 0.245 e. The van der Waals surface area contributed by atoms with Crippen LogP contribution in [0.1, 0.15) is 6.42 Å². The van der Waals surface area contributed by atoms with Gasteiger partial charge in [0.25, 0.3) is 0 Å². The highest BCUT2D eigenvalue weighted by Crippen LogP contribution is 2.30. The molecule has 0 saturated carbocycles. The summed E-state index contributed by atoms with van der Waals surface area (Å²) in [6, 6.07) is 4.59. The van der Waals surface area contributed by atoms with Crippen molar-refractivity contribution < 1.29 is 8.42 Å². The van der Waals surface area contributed by atoms with Crippen LogP contribution in [0.15, 0.2) is 23.1 Å². The largest absolute Gasteiger partial charge is 0.330 e. The molecule has 0 radical (unpaired) electrons. The molecule has 2 N–H and O–H groups in total. The number of rotatable bonds is 5. The second kappa shape index (κ2) is 6.02. The van der Waals surface area contributed by atoms with E-state index in [2.05, 4.69) is 0 Å². The summed E-state index contributed by atoms with van der Waals surface area (Å²) in [6.45, 7) is 0.760. The van der Waals surface area contributed by atoms with Gasteiger partial charge in [-0.3, -0.25) is 0 Å². The van der Waals surface area contributed by atoms with E-state index in [1.54, 1.807) is 6.07 Å². The number of halogens is 2. The van der Waals surface area contributed by atoms with Crippen molar-refractivity contribution in [2.45, 2.75) is 11.3 Å². The Kier molecular flexibility index (Phi) is 5.22. The van der Waals surface area contributed by atoms with E-state index in [1.165, 1.54) is 23.5 Å². The monoisotopic (exact) mass is 296 g/mol. The molecule has 0 bridgehead atoms. The summed E-state index contributed by atoms with van der Waals surface area (Å²) >= 11 is 11.8. The molecule has 0 fully saturated rings. The first-order chi connectivity index (χ1) is 7.91. The molecule has 7 heteroatoms. The highest BCUT2D eigenvalue weighted by atomic mass is 35.5. The molecule has 0 spiro atoms. The van der Waals surface area contributed by atoms with Crippen molar-refractivity contribution in [3.63, 3.8) is 0 Å². The molecule has 0 atom stereocenters. The van der Waals surface area contributed by atoms with E-state index >= 15 is 0 Å². The molecule has 1 rings (SSSR count). The minimum absolute atomic E-state index is 0.0529. The lowest BCUT2D eigenvalue weighted by Crippen LogP contribution is -2.29. The molecule has 96 valence electrons. The van der Waals surface area contributed by atoms with Gasteiger partial charge in [0, 0.05) is 13.6 Å². The van der Waals surface area contributed by atoms with E-state index in [4.69, 9.17) is 28.9 Å². The number of hydrogen-bond acceptors (Lipinski definition) is 3. The average Bonchev–Trinajstić information content (AvgIpc) is 2.25. The minimum Gasteiger partial charge on any atom is -0.330 e. The van der Waals surface area contributed by atoms with Gasteiger partial charge in [-0.25, -0.2) is 12.7 Å². The highest BCUT2D eigenvalue weighted by Gasteiger charge is 2.25. The van der Waals surface area contributed by atoms with Gasteiger partial charge in [0.15, 0.2) is 0 Å². The average molecular weight is 297 g/mol. The highest BCUT2D eigenvalue weighted by molar-refractivity contribution is 7.89. The van der Waals surface area contributed by atoms with E-state index in [9.17, 15) is 8.42 Å². The molecule has 0 saturated heterocycles. The van der Waals surface area contributed by atoms with Crippen molar-refractivity contribution in [3.8, 4) is 0 Å². The molecule has 4 nitrogen and oxygen atoms in total. The summed E-state index contributed by atoms with van der Waals surface area (Å²) in [4.78, 5) is -0.0529. The predicted molar refractivity (Wildman–Crippen MR) is 69.9 cm³/mol. The Labute approximate surface area is 111 Å². The van der Waals surface area contributed by atoms with E-state index in [-0.39, 0.29) is 14.9 Å². The van der Waals surface area contributed by atoms with E-state index in [0.29, 0.717) is 19.5 Å². The van der Waals surface area contributed by atoms with Gasteiger partial charge in [-0.2, -0.15) is 0 Å². The summed E-state index contributed by atoms with van der Waals surface area (Å²) < 4.78 is 25.6. The summed E-state index contributed by atoms with van der Waals surface area (Å²) in [5.74, 6) is 0. The molecule has 0 amide bonds. The normalized spacial score (nSPS) is 12.1. The smallest absolute Gasteiger partial charge is 0.245 e. The first kappa shape index (κ1) is 14.7. The number of benzene rings is 1. The number of nitrogens with two attached hydrogens (primary N) is 1. The molecule has 0 aliphatic rings. The van der Waals surface area contributed by atoms with Crippen molar-refractivity contribution in [3.05, 3.63) is 28.2 Å². The fourth-order valence-corrected chi connectivity index (χ4v) is 3.61. The molecule has 1 aromatic carbocycles. The predicted octanol–water partition coefficient (Wildman–Crippen LogP) is 1.96. The Morgan fingerprint density at radius 2 is 1.82 bits per heavy atom. The SMILES string of the molecule is CN(CCCN)S(=O)(=O)c1c(Cl)cccc1Cl. The first-order valence-electron chi connectivity index (χ1n) is 5.01. The van der Waals surface area contributed by atoms with Crippen LogP contribution >= 0.6 is 23.2 Å². The zero-order chi connectivity index (χ0) is 13.1. The fourth-order valence-electron chi connectivity index (χ4n) is 1.32. The Morgan fingerprint density at radius 3 is 2.29 bits per heavy atom. The summed E-state index contributed by atoms with van der Waals surface area (Å²) in [6.07, 6.45) is 0.581. The van der Waals surface area contributed by atoms with Crippen molar-refractivity contribution in [1.29, 1.82) is 0 Å². The van der Waals surface area contributed by atoms with E-state index < -0.39 is 10.0 Å². The fraction of sp³-hybridized carbons (Fsp3) is 0.400. The van der Waals surface area contributed by atoms with Crippen molar-refractivity contribution >= 4 is 33.2 Å². The number of nitrogens with zero attached hydrogens (tertiary/aromatic N) is 1. The van der Waals surface area contributed by atoms with Crippen LogP contribution in [0.2, 0.25) is 10.0 Å². The van der Waals surface area contributed by atoms with Gasteiger partial charge in [0.05, 0.1) is 10.0 Å². The standard InChI is InChI=1S/C10H14Cl2N2O2S/c1-14(7-3-6-13)17(15,16)10-8(11)4-2-5-9(10)12/h2,4-5H,3,6-7,13H2,1H3.